The van der Waals surface area contributed by atoms with Crippen molar-refractivity contribution in [2.75, 3.05) is 13.1 Å². The summed E-state index contributed by atoms with van der Waals surface area (Å²) < 4.78 is 11.0. The summed E-state index contributed by atoms with van der Waals surface area (Å²) in [6.45, 7) is 7.01. The van der Waals surface area contributed by atoms with Gasteiger partial charge in [0.25, 0.3) is 0 Å². The molecule has 1 aromatic heterocycles. The van der Waals surface area contributed by atoms with Crippen molar-refractivity contribution in [1.29, 1.82) is 0 Å². The third-order valence-electron chi connectivity index (χ3n) is 4.60. The number of ether oxygens (including phenoxy) is 1. The average molecular weight is 321 g/mol. The molecule has 0 spiro atoms. The van der Waals surface area contributed by atoms with Crippen LogP contribution in [0.5, 0.6) is 0 Å². The SMILES string of the molecule is CC(C)(C)OC(=O)N1CCCC(c2noc(C3CCCC3)n2)C1. The second-order valence-corrected chi connectivity index (χ2v) is 7.74. The summed E-state index contributed by atoms with van der Waals surface area (Å²) in [6, 6.07) is 0. The van der Waals surface area contributed by atoms with Crippen molar-refractivity contribution < 1.29 is 14.1 Å². The molecule has 2 aliphatic rings. The summed E-state index contributed by atoms with van der Waals surface area (Å²) in [4.78, 5) is 18.6. The molecule has 128 valence electrons. The Kier molecular flexibility index (Phi) is 4.60. The Balaban J connectivity index is 1.63. The van der Waals surface area contributed by atoms with Crippen LogP contribution in [0.4, 0.5) is 4.79 Å². The van der Waals surface area contributed by atoms with E-state index in [9.17, 15) is 4.79 Å². The van der Waals surface area contributed by atoms with Crippen LogP contribution < -0.4 is 0 Å². The number of hydrogen-bond donors (Lipinski definition) is 0. The van der Waals surface area contributed by atoms with Gasteiger partial charge in [-0.1, -0.05) is 18.0 Å². The van der Waals surface area contributed by atoms with Crippen molar-refractivity contribution in [3.05, 3.63) is 11.7 Å². The highest BCUT2D eigenvalue weighted by Crippen LogP contribution is 2.34. The highest BCUT2D eigenvalue weighted by atomic mass is 16.6. The first-order chi connectivity index (χ1) is 10.9. The van der Waals surface area contributed by atoms with E-state index in [-0.39, 0.29) is 12.0 Å². The number of hydrogen-bond acceptors (Lipinski definition) is 5. The molecule has 1 saturated carbocycles. The van der Waals surface area contributed by atoms with Crippen LogP contribution in [0, 0.1) is 0 Å². The van der Waals surface area contributed by atoms with E-state index in [1.165, 1.54) is 12.8 Å². The van der Waals surface area contributed by atoms with Crippen LogP contribution in [0.1, 0.15) is 82.8 Å². The number of carbonyl (C=O) groups excluding carboxylic acids is 1. The van der Waals surface area contributed by atoms with Crippen LogP contribution in [0.2, 0.25) is 0 Å². The quantitative estimate of drug-likeness (QED) is 0.827. The largest absolute Gasteiger partial charge is 0.444 e. The lowest BCUT2D eigenvalue weighted by Gasteiger charge is -2.32. The van der Waals surface area contributed by atoms with E-state index < -0.39 is 5.60 Å². The summed E-state index contributed by atoms with van der Waals surface area (Å²) in [5, 5.41) is 4.19. The van der Waals surface area contributed by atoms with Gasteiger partial charge in [-0.25, -0.2) is 4.79 Å². The Morgan fingerprint density at radius 3 is 2.57 bits per heavy atom. The Morgan fingerprint density at radius 2 is 1.87 bits per heavy atom. The van der Waals surface area contributed by atoms with Crippen LogP contribution in [0.15, 0.2) is 4.52 Å². The van der Waals surface area contributed by atoms with Crippen LogP contribution in [-0.4, -0.2) is 39.8 Å². The van der Waals surface area contributed by atoms with E-state index in [2.05, 4.69) is 10.1 Å². The Morgan fingerprint density at radius 1 is 1.17 bits per heavy atom. The van der Waals surface area contributed by atoms with Crippen molar-refractivity contribution in [3.8, 4) is 0 Å². The number of aromatic nitrogens is 2. The second-order valence-electron chi connectivity index (χ2n) is 7.74. The lowest BCUT2D eigenvalue weighted by atomic mass is 9.97. The predicted molar refractivity (Wildman–Crippen MR) is 85.3 cm³/mol. The van der Waals surface area contributed by atoms with E-state index in [4.69, 9.17) is 9.26 Å². The Labute approximate surface area is 137 Å². The number of carbonyl (C=O) groups is 1. The predicted octanol–water partition coefficient (Wildman–Crippen LogP) is 3.84. The van der Waals surface area contributed by atoms with E-state index in [0.717, 1.165) is 43.9 Å². The maximum absolute atomic E-state index is 12.2. The molecule has 3 rings (SSSR count). The molecular formula is C17H27N3O3. The molecule has 1 aliphatic carbocycles. The molecule has 6 nitrogen and oxygen atoms in total. The van der Waals surface area contributed by atoms with Crippen molar-refractivity contribution in [2.45, 2.75) is 76.7 Å². The first kappa shape index (κ1) is 16.3. The molecule has 2 fully saturated rings. The molecule has 1 amide bonds. The highest BCUT2D eigenvalue weighted by molar-refractivity contribution is 5.68. The first-order valence-electron chi connectivity index (χ1n) is 8.74. The molecule has 1 aliphatic heterocycles. The molecular weight excluding hydrogens is 294 g/mol. The summed E-state index contributed by atoms with van der Waals surface area (Å²) in [5.41, 5.74) is -0.466. The van der Waals surface area contributed by atoms with Crippen molar-refractivity contribution in [3.63, 3.8) is 0 Å². The first-order valence-corrected chi connectivity index (χ1v) is 8.74. The third-order valence-corrected chi connectivity index (χ3v) is 4.60. The number of piperidine rings is 1. The zero-order valence-corrected chi connectivity index (χ0v) is 14.4. The van der Waals surface area contributed by atoms with Gasteiger partial charge in [-0.15, -0.1) is 0 Å². The van der Waals surface area contributed by atoms with E-state index in [1.807, 2.05) is 20.8 Å². The van der Waals surface area contributed by atoms with Gasteiger partial charge in [0.15, 0.2) is 5.82 Å². The van der Waals surface area contributed by atoms with Gasteiger partial charge >= 0.3 is 6.09 Å². The summed E-state index contributed by atoms with van der Waals surface area (Å²) >= 11 is 0. The fraction of sp³-hybridized carbons (Fsp3) is 0.824. The summed E-state index contributed by atoms with van der Waals surface area (Å²) in [7, 11) is 0. The number of rotatable bonds is 2. The average Bonchev–Trinajstić information content (AvgIpc) is 3.17. The van der Waals surface area contributed by atoms with Gasteiger partial charge in [-0.3, -0.25) is 0 Å². The minimum absolute atomic E-state index is 0.148. The van der Waals surface area contributed by atoms with Crippen LogP contribution >= 0.6 is 0 Å². The molecule has 1 atom stereocenters. The van der Waals surface area contributed by atoms with Gasteiger partial charge in [0.05, 0.1) is 0 Å². The van der Waals surface area contributed by atoms with E-state index in [0.29, 0.717) is 12.5 Å². The minimum atomic E-state index is -0.466. The fourth-order valence-electron chi connectivity index (χ4n) is 3.43. The smallest absolute Gasteiger partial charge is 0.410 e. The third kappa shape index (κ3) is 4.03. The molecule has 0 N–H and O–H groups in total. The van der Waals surface area contributed by atoms with E-state index >= 15 is 0 Å². The Bertz CT molecular complexity index is 544. The molecule has 0 aromatic carbocycles. The van der Waals surface area contributed by atoms with Gasteiger partial charge in [0.1, 0.15) is 5.60 Å². The Hall–Kier alpha value is -1.59. The van der Waals surface area contributed by atoms with Crippen LogP contribution in [0.3, 0.4) is 0 Å². The molecule has 0 bridgehead atoms. The second kappa shape index (κ2) is 6.49. The van der Waals surface area contributed by atoms with Gasteiger partial charge in [-0.05, 0) is 46.5 Å². The normalized spacial score (nSPS) is 23.3. The number of likely N-dealkylation sites (tertiary alicyclic amines) is 1. The number of amides is 1. The van der Waals surface area contributed by atoms with E-state index in [1.54, 1.807) is 4.90 Å². The zero-order valence-electron chi connectivity index (χ0n) is 14.4. The highest BCUT2D eigenvalue weighted by Gasteiger charge is 2.31. The molecule has 23 heavy (non-hydrogen) atoms. The lowest BCUT2D eigenvalue weighted by Crippen LogP contribution is -2.42. The van der Waals surface area contributed by atoms with Gasteiger partial charge in [0, 0.05) is 24.9 Å². The molecule has 2 heterocycles. The van der Waals surface area contributed by atoms with Crippen molar-refractivity contribution >= 4 is 6.09 Å². The fourth-order valence-corrected chi connectivity index (χ4v) is 3.43. The molecule has 0 radical (unpaired) electrons. The minimum Gasteiger partial charge on any atom is -0.444 e. The summed E-state index contributed by atoms with van der Waals surface area (Å²) in [5.74, 6) is 2.11. The molecule has 1 aromatic rings. The van der Waals surface area contributed by atoms with Gasteiger partial charge in [-0.2, -0.15) is 4.98 Å². The molecule has 1 saturated heterocycles. The van der Waals surface area contributed by atoms with Crippen LogP contribution in [-0.2, 0) is 4.74 Å². The zero-order chi connectivity index (χ0) is 16.4. The number of nitrogens with zero attached hydrogens (tertiary/aromatic N) is 3. The lowest BCUT2D eigenvalue weighted by molar-refractivity contribution is 0.0195. The summed E-state index contributed by atoms with van der Waals surface area (Å²) in [6.07, 6.45) is 6.48. The van der Waals surface area contributed by atoms with Crippen molar-refractivity contribution in [1.82, 2.24) is 15.0 Å². The monoisotopic (exact) mass is 321 g/mol. The van der Waals surface area contributed by atoms with Gasteiger partial charge < -0.3 is 14.2 Å². The maximum Gasteiger partial charge on any atom is 0.410 e. The van der Waals surface area contributed by atoms with Crippen molar-refractivity contribution in [2.24, 2.45) is 0 Å². The standard InChI is InChI=1S/C17H27N3O3/c1-17(2,3)22-16(21)20-10-6-9-13(11-20)14-18-15(23-19-14)12-7-4-5-8-12/h12-13H,4-11H2,1-3H3. The van der Waals surface area contributed by atoms with Crippen LogP contribution in [0.25, 0.3) is 0 Å². The maximum atomic E-state index is 12.2. The topological polar surface area (TPSA) is 68.5 Å². The van der Waals surface area contributed by atoms with Gasteiger partial charge in [0.2, 0.25) is 5.89 Å². The molecule has 1 unspecified atom stereocenters. The molecule has 6 heteroatoms.